The van der Waals surface area contributed by atoms with E-state index < -0.39 is 42.0 Å². The molecule has 5 unspecified atom stereocenters. The van der Waals surface area contributed by atoms with Gasteiger partial charge in [0.1, 0.15) is 23.9 Å². The van der Waals surface area contributed by atoms with Crippen LogP contribution in [0, 0.1) is 5.92 Å². The van der Waals surface area contributed by atoms with Gasteiger partial charge in [0.05, 0.1) is 6.04 Å². The van der Waals surface area contributed by atoms with Gasteiger partial charge >= 0.3 is 5.97 Å². The van der Waals surface area contributed by atoms with E-state index in [9.17, 15) is 29.4 Å². The number of nitrogens with two attached hydrogens (primary N) is 1. The van der Waals surface area contributed by atoms with Crippen molar-refractivity contribution in [2.45, 2.75) is 70.1 Å². The number of nitrogens with zero attached hydrogens (tertiary/aromatic N) is 1. The number of phenols is 1. The number of rotatable bonds is 12. The molecule has 1 aliphatic rings. The standard InChI is InChI=1S/C29H38N4O6/c1-3-18(2)25(27(36)31-23(29(38)39)17-19-8-5-4-6-9-19)32-26(35)24-10-7-15-33(24)28(37)22(30)16-20-11-13-21(34)14-12-20/h4-6,8-9,11-14,18,22-25,34H,3,7,10,15-17,30H2,1-2H3,(H,31,36)(H,32,35)(H,38,39). The molecule has 1 fully saturated rings. The first kappa shape index (κ1) is 29.6. The lowest BCUT2D eigenvalue weighted by Gasteiger charge is -2.30. The van der Waals surface area contributed by atoms with Crippen molar-refractivity contribution in [3.63, 3.8) is 0 Å². The molecule has 10 heteroatoms. The zero-order chi connectivity index (χ0) is 28.5. The van der Waals surface area contributed by atoms with Crippen LogP contribution in [-0.4, -0.2) is 69.5 Å². The number of aromatic hydroxyl groups is 1. The summed E-state index contributed by atoms with van der Waals surface area (Å²) in [6, 6.07) is 11.6. The summed E-state index contributed by atoms with van der Waals surface area (Å²) in [6.45, 7) is 4.06. The van der Waals surface area contributed by atoms with Crippen molar-refractivity contribution >= 4 is 23.7 Å². The first-order chi connectivity index (χ1) is 18.6. The molecule has 0 saturated carbocycles. The molecule has 10 nitrogen and oxygen atoms in total. The Morgan fingerprint density at radius 2 is 1.64 bits per heavy atom. The first-order valence-electron chi connectivity index (χ1n) is 13.3. The van der Waals surface area contributed by atoms with Crippen molar-refractivity contribution in [3.05, 3.63) is 65.7 Å². The molecule has 0 bridgehead atoms. The van der Waals surface area contributed by atoms with Gasteiger partial charge in [-0.05, 0) is 48.4 Å². The molecule has 1 saturated heterocycles. The molecule has 0 aliphatic carbocycles. The third-order valence-corrected chi connectivity index (χ3v) is 7.24. The molecule has 3 rings (SSSR count). The number of phenolic OH excluding ortho intramolecular Hbond substituents is 1. The van der Waals surface area contributed by atoms with Crippen molar-refractivity contribution in [3.8, 4) is 5.75 Å². The number of amides is 3. The van der Waals surface area contributed by atoms with Gasteiger partial charge in [-0.1, -0.05) is 62.7 Å². The molecule has 210 valence electrons. The second kappa shape index (κ2) is 13.7. The van der Waals surface area contributed by atoms with Gasteiger partial charge in [0.25, 0.3) is 0 Å². The minimum atomic E-state index is -1.17. The van der Waals surface area contributed by atoms with E-state index in [1.807, 2.05) is 19.9 Å². The molecular weight excluding hydrogens is 500 g/mol. The number of carboxylic acid groups (broad SMARTS) is 1. The third kappa shape index (κ3) is 8.03. The summed E-state index contributed by atoms with van der Waals surface area (Å²) in [5, 5.41) is 24.6. The Labute approximate surface area is 228 Å². The van der Waals surface area contributed by atoms with Crippen molar-refractivity contribution in [2.24, 2.45) is 11.7 Å². The summed E-state index contributed by atoms with van der Waals surface area (Å²) in [5.74, 6) is -2.74. The highest BCUT2D eigenvalue weighted by atomic mass is 16.4. The predicted molar refractivity (Wildman–Crippen MR) is 146 cm³/mol. The quantitative estimate of drug-likeness (QED) is 0.274. The van der Waals surface area contributed by atoms with Gasteiger partial charge in [-0.25, -0.2) is 4.79 Å². The lowest BCUT2D eigenvalue weighted by Crippen LogP contribution is -2.58. The van der Waals surface area contributed by atoms with Crippen LogP contribution in [0.15, 0.2) is 54.6 Å². The van der Waals surface area contributed by atoms with Crippen LogP contribution in [0.1, 0.15) is 44.2 Å². The molecule has 6 N–H and O–H groups in total. The molecule has 0 radical (unpaired) electrons. The first-order valence-corrected chi connectivity index (χ1v) is 13.3. The fraction of sp³-hybridized carbons (Fsp3) is 0.448. The van der Waals surface area contributed by atoms with E-state index in [1.54, 1.807) is 36.4 Å². The zero-order valence-electron chi connectivity index (χ0n) is 22.4. The summed E-state index contributed by atoms with van der Waals surface area (Å²) in [4.78, 5) is 53.1. The predicted octanol–water partition coefficient (Wildman–Crippen LogP) is 1.60. The summed E-state index contributed by atoms with van der Waals surface area (Å²) >= 11 is 0. The summed E-state index contributed by atoms with van der Waals surface area (Å²) < 4.78 is 0. The van der Waals surface area contributed by atoms with Gasteiger partial charge in [-0.2, -0.15) is 0 Å². The van der Waals surface area contributed by atoms with Crippen LogP contribution in [0.4, 0.5) is 0 Å². The van der Waals surface area contributed by atoms with Crippen LogP contribution in [0.25, 0.3) is 0 Å². The lowest BCUT2D eigenvalue weighted by molar-refractivity contribution is -0.143. The number of hydrogen-bond donors (Lipinski definition) is 5. The largest absolute Gasteiger partial charge is 0.508 e. The molecular formula is C29H38N4O6. The lowest BCUT2D eigenvalue weighted by atomic mass is 9.96. The Morgan fingerprint density at radius 1 is 1.00 bits per heavy atom. The fourth-order valence-corrected chi connectivity index (χ4v) is 4.75. The van der Waals surface area contributed by atoms with Crippen LogP contribution >= 0.6 is 0 Å². The van der Waals surface area contributed by atoms with Crippen LogP contribution in [0.5, 0.6) is 5.75 Å². The number of hydrogen-bond acceptors (Lipinski definition) is 6. The van der Waals surface area contributed by atoms with Crippen molar-refractivity contribution in [1.29, 1.82) is 0 Å². The molecule has 3 amide bonds. The monoisotopic (exact) mass is 538 g/mol. The van der Waals surface area contributed by atoms with E-state index in [0.29, 0.717) is 25.8 Å². The smallest absolute Gasteiger partial charge is 0.326 e. The Balaban J connectivity index is 1.67. The zero-order valence-corrected chi connectivity index (χ0v) is 22.4. The van der Waals surface area contributed by atoms with Gasteiger partial charge < -0.3 is 31.5 Å². The van der Waals surface area contributed by atoms with Gasteiger partial charge in [0.2, 0.25) is 17.7 Å². The van der Waals surface area contributed by atoms with E-state index in [1.165, 1.54) is 17.0 Å². The van der Waals surface area contributed by atoms with Gasteiger partial charge in [0.15, 0.2) is 0 Å². The molecule has 1 aliphatic heterocycles. The molecule has 1 heterocycles. The molecule has 0 aromatic heterocycles. The normalized spacial score (nSPS) is 18.0. The van der Waals surface area contributed by atoms with Crippen molar-refractivity contribution < 1.29 is 29.4 Å². The second-order valence-corrected chi connectivity index (χ2v) is 10.1. The average Bonchev–Trinajstić information content (AvgIpc) is 3.42. The van der Waals surface area contributed by atoms with Gasteiger partial charge in [-0.3, -0.25) is 14.4 Å². The summed E-state index contributed by atoms with van der Waals surface area (Å²) in [7, 11) is 0. The second-order valence-electron chi connectivity index (χ2n) is 10.1. The maximum absolute atomic E-state index is 13.4. The SMILES string of the molecule is CCC(C)C(NC(=O)C1CCCN1C(=O)C(N)Cc1ccc(O)cc1)C(=O)NC(Cc1ccccc1)C(=O)O. The number of nitrogens with one attached hydrogen (secondary N) is 2. The Hall–Kier alpha value is -3.92. The highest BCUT2D eigenvalue weighted by Crippen LogP contribution is 2.21. The number of benzene rings is 2. The highest BCUT2D eigenvalue weighted by Gasteiger charge is 2.38. The summed E-state index contributed by atoms with van der Waals surface area (Å²) in [5.41, 5.74) is 7.74. The number of carbonyl (C=O) groups excluding carboxylic acids is 3. The maximum Gasteiger partial charge on any atom is 0.326 e. The van der Waals surface area contributed by atoms with Crippen LogP contribution in [-0.2, 0) is 32.0 Å². The van der Waals surface area contributed by atoms with Gasteiger partial charge in [-0.15, -0.1) is 0 Å². The van der Waals surface area contributed by atoms with Crippen LogP contribution in [0.3, 0.4) is 0 Å². The topological polar surface area (TPSA) is 162 Å². The van der Waals surface area contributed by atoms with E-state index in [2.05, 4.69) is 10.6 Å². The van der Waals surface area contributed by atoms with Crippen LogP contribution in [0.2, 0.25) is 0 Å². The van der Waals surface area contributed by atoms with E-state index in [4.69, 9.17) is 5.73 Å². The minimum absolute atomic E-state index is 0.104. The van der Waals surface area contributed by atoms with Crippen molar-refractivity contribution in [1.82, 2.24) is 15.5 Å². The molecule has 2 aromatic carbocycles. The number of likely N-dealkylation sites (tertiary alicyclic amines) is 1. The molecule has 0 spiro atoms. The molecule has 2 aromatic rings. The number of carbonyl (C=O) groups is 4. The maximum atomic E-state index is 13.4. The van der Waals surface area contributed by atoms with Crippen LogP contribution < -0.4 is 16.4 Å². The highest BCUT2D eigenvalue weighted by molar-refractivity contribution is 5.94. The third-order valence-electron chi connectivity index (χ3n) is 7.24. The number of aliphatic carboxylic acids is 1. The van der Waals surface area contributed by atoms with E-state index >= 15 is 0 Å². The summed E-state index contributed by atoms with van der Waals surface area (Å²) in [6.07, 6.45) is 1.98. The fourth-order valence-electron chi connectivity index (χ4n) is 4.75. The van der Waals surface area contributed by atoms with E-state index in [0.717, 1.165) is 11.1 Å². The Morgan fingerprint density at radius 3 is 2.26 bits per heavy atom. The van der Waals surface area contributed by atoms with Crippen molar-refractivity contribution in [2.75, 3.05) is 6.54 Å². The van der Waals surface area contributed by atoms with Gasteiger partial charge in [0, 0.05) is 13.0 Å². The molecule has 39 heavy (non-hydrogen) atoms. The average molecular weight is 539 g/mol. The molecule has 5 atom stereocenters. The van der Waals surface area contributed by atoms with E-state index in [-0.39, 0.29) is 30.4 Å². The number of carboxylic acids is 1. The Bertz CT molecular complexity index is 1140. The Kier molecular flexibility index (Phi) is 10.4. The minimum Gasteiger partial charge on any atom is -0.508 e.